The number of nitrogens with one attached hydrogen (secondary N) is 2. The van der Waals surface area contributed by atoms with Crippen LogP contribution in [0.15, 0.2) is 76.1 Å². The Morgan fingerprint density at radius 1 is 1.00 bits per heavy atom. The summed E-state index contributed by atoms with van der Waals surface area (Å²) in [7, 11) is 0. The van der Waals surface area contributed by atoms with E-state index in [-0.39, 0.29) is 12.2 Å². The third-order valence-corrected chi connectivity index (χ3v) is 5.77. The normalized spacial score (nSPS) is 12.1. The SMILES string of the molecule is O=C(COc1ccc2c(c1)oc(=O)c1ccccc12)NC(Cc1c[nH]c2ccc(O)cc12)C(=O)O. The van der Waals surface area contributed by atoms with Crippen LogP contribution in [0.25, 0.3) is 32.6 Å². The molecule has 0 saturated carbocycles. The molecule has 4 N–H and O–H groups in total. The van der Waals surface area contributed by atoms with Gasteiger partial charge in [-0.3, -0.25) is 4.79 Å². The Kier molecular flexibility index (Phi) is 5.58. The van der Waals surface area contributed by atoms with Crippen molar-refractivity contribution in [2.75, 3.05) is 6.61 Å². The lowest BCUT2D eigenvalue weighted by Gasteiger charge is -2.15. The van der Waals surface area contributed by atoms with Gasteiger partial charge in [0.15, 0.2) is 6.61 Å². The molecule has 5 aromatic rings. The summed E-state index contributed by atoms with van der Waals surface area (Å²) in [5, 5.41) is 24.4. The van der Waals surface area contributed by atoms with E-state index in [0.29, 0.717) is 27.7 Å². The molecule has 5 rings (SSSR count). The van der Waals surface area contributed by atoms with Gasteiger partial charge < -0.3 is 29.7 Å². The second-order valence-corrected chi connectivity index (χ2v) is 8.09. The number of phenols is 1. The number of carboxylic acids is 1. The first-order chi connectivity index (χ1) is 16.9. The van der Waals surface area contributed by atoms with Crippen molar-refractivity contribution < 1.29 is 29.0 Å². The number of rotatable bonds is 7. The Balaban J connectivity index is 1.29. The fraction of sp³-hybridized carbons (Fsp3) is 0.115. The Hall–Kier alpha value is -4.79. The summed E-state index contributed by atoms with van der Waals surface area (Å²) < 4.78 is 10.9. The summed E-state index contributed by atoms with van der Waals surface area (Å²) in [6, 6.07) is 15.5. The molecule has 0 saturated heterocycles. The number of carbonyl (C=O) groups is 2. The average molecular weight is 472 g/mol. The lowest BCUT2D eigenvalue weighted by molar-refractivity contribution is -0.142. The maximum absolute atomic E-state index is 12.4. The van der Waals surface area contributed by atoms with Gasteiger partial charge in [0.25, 0.3) is 5.91 Å². The highest BCUT2D eigenvalue weighted by Crippen LogP contribution is 2.26. The van der Waals surface area contributed by atoms with E-state index in [4.69, 9.17) is 9.15 Å². The van der Waals surface area contributed by atoms with Crippen LogP contribution in [-0.4, -0.2) is 39.7 Å². The molecular weight excluding hydrogens is 452 g/mol. The lowest BCUT2D eigenvalue weighted by atomic mass is 10.0. The zero-order valence-electron chi connectivity index (χ0n) is 18.3. The van der Waals surface area contributed by atoms with E-state index in [1.807, 2.05) is 12.1 Å². The number of fused-ring (bicyclic) bond motifs is 4. The third-order valence-electron chi connectivity index (χ3n) is 5.77. The van der Waals surface area contributed by atoms with Crippen LogP contribution >= 0.6 is 0 Å². The predicted molar refractivity (Wildman–Crippen MR) is 129 cm³/mol. The summed E-state index contributed by atoms with van der Waals surface area (Å²) in [6.45, 7) is -0.429. The van der Waals surface area contributed by atoms with Gasteiger partial charge in [-0.1, -0.05) is 18.2 Å². The van der Waals surface area contributed by atoms with Crippen molar-refractivity contribution in [3.05, 3.63) is 82.8 Å². The first kappa shape index (κ1) is 22.0. The fourth-order valence-corrected chi connectivity index (χ4v) is 4.09. The van der Waals surface area contributed by atoms with E-state index in [9.17, 15) is 24.6 Å². The van der Waals surface area contributed by atoms with Crippen molar-refractivity contribution in [3.8, 4) is 11.5 Å². The van der Waals surface area contributed by atoms with Gasteiger partial charge in [0.05, 0.1) is 5.39 Å². The number of hydrogen-bond acceptors (Lipinski definition) is 6. The van der Waals surface area contributed by atoms with E-state index in [1.54, 1.807) is 36.5 Å². The quantitative estimate of drug-likeness (QED) is 0.210. The zero-order chi connectivity index (χ0) is 24.5. The second-order valence-electron chi connectivity index (χ2n) is 8.09. The first-order valence-corrected chi connectivity index (χ1v) is 10.8. The molecule has 0 fully saturated rings. The molecule has 0 bridgehead atoms. The van der Waals surface area contributed by atoms with E-state index in [1.165, 1.54) is 18.2 Å². The largest absolute Gasteiger partial charge is 0.508 e. The highest BCUT2D eigenvalue weighted by Gasteiger charge is 2.22. The fourth-order valence-electron chi connectivity index (χ4n) is 4.09. The number of carboxylic acid groups (broad SMARTS) is 1. The first-order valence-electron chi connectivity index (χ1n) is 10.8. The van der Waals surface area contributed by atoms with Crippen molar-refractivity contribution in [2.45, 2.75) is 12.5 Å². The standard InChI is InChI=1S/C26H20N2O7/c29-15-5-8-21-20(10-15)14(12-27-21)9-22(25(31)32)28-24(30)13-34-16-6-7-18-17-3-1-2-4-19(17)26(33)35-23(18)11-16/h1-8,10-12,22,27,29H,9,13H2,(H,28,30)(H,31,32). The molecule has 0 aliphatic carbocycles. The van der Waals surface area contributed by atoms with Crippen LogP contribution in [0.1, 0.15) is 5.56 Å². The molecule has 0 radical (unpaired) electrons. The summed E-state index contributed by atoms with van der Waals surface area (Å²) in [4.78, 5) is 39.5. The van der Waals surface area contributed by atoms with Gasteiger partial charge >= 0.3 is 11.6 Å². The Labute approximate surface area is 197 Å². The molecule has 1 atom stereocenters. The minimum atomic E-state index is -1.20. The maximum Gasteiger partial charge on any atom is 0.344 e. The third kappa shape index (κ3) is 4.39. The molecule has 9 nitrogen and oxygen atoms in total. The van der Waals surface area contributed by atoms with Gasteiger partial charge in [0, 0.05) is 35.0 Å². The molecule has 3 aromatic carbocycles. The topological polar surface area (TPSA) is 142 Å². The number of H-pyrrole nitrogens is 1. The molecule has 9 heteroatoms. The van der Waals surface area contributed by atoms with Crippen LogP contribution < -0.4 is 15.7 Å². The van der Waals surface area contributed by atoms with Gasteiger partial charge in [-0.2, -0.15) is 0 Å². The second kappa shape index (κ2) is 8.86. The number of hydrogen-bond donors (Lipinski definition) is 4. The maximum atomic E-state index is 12.4. The minimum Gasteiger partial charge on any atom is -0.508 e. The molecule has 0 aliphatic rings. The lowest BCUT2D eigenvalue weighted by Crippen LogP contribution is -2.44. The van der Waals surface area contributed by atoms with Gasteiger partial charge in [0.1, 0.15) is 23.1 Å². The van der Waals surface area contributed by atoms with Crippen molar-refractivity contribution in [1.82, 2.24) is 10.3 Å². The van der Waals surface area contributed by atoms with E-state index < -0.39 is 30.2 Å². The number of aromatic nitrogens is 1. The number of aromatic amines is 1. The molecule has 2 heterocycles. The van der Waals surface area contributed by atoms with Crippen molar-refractivity contribution in [3.63, 3.8) is 0 Å². The number of carbonyl (C=O) groups excluding carboxylic acids is 1. The number of aromatic hydroxyl groups is 1. The zero-order valence-corrected chi connectivity index (χ0v) is 18.3. The van der Waals surface area contributed by atoms with Crippen LogP contribution in [-0.2, 0) is 16.0 Å². The molecule has 1 unspecified atom stereocenters. The number of aliphatic carboxylic acids is 1. The molecule has 2 aromatic heterocycles. The van der Waals surface area contributed by atoms with Crippen LogP contribution in [0.3, 0.4) is 0 Å². The summed E-state index contributed by atoms with van der Waals surface area (Å²) in [5.41, 5.74) is 1.23. The molecule has 35 heavy (non-hydrogen) atoms. The van der Waals surface area contributed by atoms with Crippen molar-refractivity contribution in [2.24, 2.45) is 0 Å². The Morgan fingerprint density at radius 2 is 1.80 bits per heavy atom. The van der Waals surface area contributed by atoms with Crippen LogP contribution in [0, 0.1) is 0 Å². The van der Waals surface area contributed by atoms with E-state index in [0.717, 1.165) is 16.3 Å². The minimum absolute atomic E-state index is 0.0126. The Bertz CT molecular complexity index is 1650. The molecular formula is C26H20N2O7. The van der Waals surface area contributed by atoms with Gasteiger partial charge in [-0.05, 0) is 47.3 Å². The summed E-state index contributed by atoms with van der Waals surface area (Å²) in [5.74, 6) is -1.47. The number of amides is 1. The van der Waals surface area contributed by atoms with E-state index >= 15 is 0 Å². The highest BCUT2D eigenvalue weighted by molar-refractivity contribution is 6.04. The van der Waals surface area contributed by atoms with Gasteiger partial charge in [-0.25, -0.2) is 9.59 Å². The van der Waals surface area contributed by atoms with Crippen molar-refractivity contribution in [1.29, 1.82) is 0 Å². The smallest absolute Gasteiger partial charge is 0.344 e. The van der Waals surface area contributed by atoms with Crippen LogP contribution in [0.2, 0.25) is 0 Å². The van der Waals surface area contributed by atoms with Gasteiger partial charge in [-0.15, -0.1) is 0 Å². The summed E-state index contributed by atoms with van der Waals surface area (Å²) >= 11 is 0. The number of phenolic OH excluding ortho intramolecular Hbond substituents is 1. The van der Waals surface area contributed by atoms with Crippen molar-refractivity contribution >= 4 is 44.5 Å². The van der Waals surface area contributed by atoms with Gasteiger partial charge in [0.2, 0.25) is 0 Å². The number of benzene rings is 3. The monoisotopic (exact) mass is 472 g/mol. The summed E-state index contributed by atoms with van der Waals surface area (Å²) in [6.07, 6.45) is 1.66. The number of ether oxygens (including phenoxy) is 1. The molecule has 0 aliphatic heterocycles. The molecule has 176 valence electrons. The average Bonchev–Trinajstić information content (AvgIpc) is 3.24. The molecule has 1 amide bonds. The highest BCUT2D eigenvalue weighted by atomic mass is 16.5. The molecule has 0 spiro atoms. The van der Waals surface area contributed by atoms with Crippen LogP contribution in [0.5, 0.6) is 11.5 Å². The van der Waals surface area contributed by atoms with E-state index in [2.05, 4.69) is 10.3 Å². The predicted octanol–water partition coefficient (Wildman–Crippen LogP) is 3.32. The Morgan fingerprint density at radius 3 is 2.60 bits per heavy atom. The van der Waals surface area contributed by atoms with Crippen LogP contribution in [0.4, 0.5) is 0 Å².